The van der Waals surface area contributed by atoms with Gasteiger partial charge in [-0.15, -0.1) is 10.2 Å². The summed E-state index contributed by atoms with van der Waals surface area (Å²) < 4.78 is 5.14. The molecular weight excluding hydrogens is 268 g/mol. The Balaban J connectivity index is 1.82. The molecule has 6 heteroatoms. The second-order valence-electron chi connectivity index (χ2n) is 5.18. The van der Waals surface area contributed by atoms with Crippen LogP contribution in [0.5, 0.6) is 0 Å². The predicted octanol–water partition coefficient (Wildman–Crippen LogP) is 2.46. The van der Waals surface area contributed by atoms with Gasteiger partial charge in [-0.25, -0.2) is 0 Å². The number of hydrogen-bond donors (Lipinski definition) is 2. The van der Waals surface area contributed by atoms with E-state index in [1.807, 2.05) is 0 Å². The second kappa shape index (κ2) is 7.42. The van der Waals surface area contributed by atoms with Crippen molar-refractivity contribution in [2.24, 2.45) is 5.92 Å². The highest BCUT2D eigenvalue weighted by Gasteiger charge is 2.08. The first-order chi connectivity index (χ1) is 10.1. The fourth-order valence-electron chi connectivity index (χ4n) is 1.71. The molecule has 0 aliphatic rings. The average molecular weight is 288 g/mol. The van der Waals surface area contributed by atoms with Crippen LogP contribution in [-0.4, -0.2) is 22.6 Å². The zero-order valence-electron chi connectivity index (χ0n) is 12.3. The lowest BCUT2D eigenvalue weighted by Crippen LogP contribution is -2.24. The summed E-state index contributed by atoms with van der Waals surface area (Å²) in [5.41, 5.74) is 0.288. The maximum Gasteiger partial charge on any atom is 0.272 e. The van der Waals surface area contributed by atoms with Crippen molar-refractivity contribution in [2.75, 3.05) is 11.9 Å². The number of amides is 1. The third-order valence-electron chi connectivity index (χ3n) is 2.93. The number of rotatable bonds is 7. The van der Waals surface area contributed by atoms with E-state index in [2.05, 4.69) is 34.7 Å². The third kappa shape index (κ3) is 4.91. The minimum atomic E-state index is -0.271. The van der Waals surface area contributed by atoms with Crippen LogP contribution < -0.4 is 10.6 Å². The number of anilines is 1. The maximum absolute atomic E-state index is 11.9. The van der Waals surface area contributed by atoms with Crippen LogP contribution in [0.4, 0.5) is 5.82 Å². The Morgan fingerprint density at radius 3 is 2.76 bits per heavy atom. The van der Waals surface area contributed by atoms with Crippen LogP contribution >= 0.6 is 0 Å². The first-order valence-corrected chi connectivity index (χ1v) is 7.03. The van der Waals surface area contributed by atoms with Crippen LogP contribution in [0.1, 0.15) is 36.5 Å². The summed E-state index contributed by atoms with van der Waals surface area (Å²) in [5.74, 6) is 1.74. The molecule has 21 heavy (non-hydrogen) atoms. The van der Waals surface area contributed by atoms with Crippen LogP contribution in [0, 0.1) is 5.92 Å². The Labute approximate surface area is 124 Å². The Bertz CT molecular complexity index is 550. The molecule has 0 aromatic carbocycles. The molecule has 0 fully saturated rings. The van der Waals surface area contributed by atoms with E-state index in [-0.39, 0.29) is 11.6 Å². The molecule has 2 N–H and O–H groups in total. The van der Waals surface area contributed by atoms with Crippen LogP contribution in [0.15, 0.2) is 34.9 Å². The van der Waals surface area contributed by atoms with Gasteiger partial charge in [-0.05, 0) is 36.6 Å². The van der Waals surface area contributed by atoms with Crippen LogP contribution in [0.2, 0.25) is 0 Å². The third-order valence-corrected chi connectivity index (χ3v) is 2.93. The van der Waals surface area contributed by atoms with Gasteiger partial charge in [-0.1, -0.05) is 13.8 Å². The number of nitrogens with zero attached hydrogens (tertiary/aromatic N) is 2. The summed E-state index contributed by atoms with van der Waals surface area (Å²) in [7, 11) is 0. The smallest absolute Gasteiger partial charge is 0.272 e. The molecule has 2 aromatic heterocycles. The van der Waals surface area contributed by atoms with Crippen molar-refractivity contribution in [3.05, 3.63) is 42.0 Å². The van der Waals surface area contributed by atoms with Gasteiger partial charge in [0.25, 0.3) is 5.91 Å². The number of carbonyl (C=O) groups excluding carboxylic acids is 1. The van der Waals surface area contributed by atoms with Gasteiger partial charge in [0.2, 0.25) is 0 Å². The summed E-state index contributed by atoms with van der Waals surface area (Å²) in [6, 6.07) is 6.99. The Morgan fingerprint density at radius 1 is 1.29 bits per heavy atom. The van der Waals surface area contributed by atoms with Crippen molar-refractivity contribution in [3.8, 4) is 0 Å². The Hall–Kier alpha value is -2.37. The molecule has 0 unspecified atom stereocenters. The molecule has 0 saturated carbocycles. The van der Waals surface area contributed by atoms with Crippen molar-refractivity contribution in [1.29, 1.82) is 0 Å². The molecular formula is C15H20N4O2. The normalized spacial score (nSPS) is 10.6. The molecule has 112 valence electrons. The van der Waals surface area contributed by atoms with Gasteiger partial charge in [0, 0.05) is 6.54 Å². The van der Waals surface area contributed by atoms with Gasteiger partial charge < -0.3 is 15.1 Å². The van der Waals surface area contributed by atoms with Crippen LogP contribution in [-0.2, 0) is 6.54 Å². The molecule has 2 heterocycles. The largest absolute Gasteiger partial charge is 0.467 e. The lowest BCUT2D eigenvalue weighted by atomic mass is 10.1. The monoisotopic (exact) mass is 288 g/mol. The van der Waals surface area contributed by atoms with Crippen LogP contribution in [0.3, 0.4) is 0 Å². The highest BCUT2D eigenvalue weighted by molar-refractivity contribution is 5.92. The first-order valence-electron chi connectivity index (χ1n) is 7.03. The molecule has 6 nitrogen and oxygen atoms in total. The van der Waals surface area contributed by atoms with Crippen molar-refractivity contribution in [3.63, 3.8) is 0 Å². The van der Waals surface area contributed by atoms with Gasteiger partial charge in [-0.3, -0.25) is 4.79 Å². The van der Waals surface area contributed by atoms with E-state index < -0.39 is 0 Å². The molecule has 0 radical (unpaired) electrons. The molecule has 0 aliphatic heterocycles. The molecule has 1 amide bonds. The van der Waals surface area contributed by atoms with Gasteiger partial charge in [0.05, 0.1) is 12.8 Å². The summed E-state index contributed by atoms with van der Waals surface area (Å²) in [6.07, 6.45) is 2.63. The quantitative estimate of drug-likeness (QED) is 0.818. The molecule has 2 aromatic rings. The summed E-state index contributed by atoms with van der Waals surface area (Å²) in [4.78, 5) is 11.9. The van der Waals surface area contributed by atoms with E-state index in [1.54, 1.807) is 30.5 Å². The molecule has 0 spiro atoms. The summed E-state index contributed by atoms with van der Waals surface area (Å²) in [5, 5.41) is 13.8. The van der Waals surface area contributed by atoms with Crippen LogP contribution in [0.25, 0.3) is 0 Å². The minimum absolute atomic E-state index is 0.271. The van der Waals surface area contributed by atoms with Gasteiger partial charge in [-0.2, -0.15) is 0 Å². The number of hydrogen-bond acceptors (Lipinski definition) is 5. The zero-order valence-corrected chi connectivity index (χ0v) is 12.3. The van der Waals surface area contributed by atoms with E-state index in [0.29, 0.717) is 24.0 Å². The van der Waals surface area contributed by atoms with Crippen molar-refractivity contribution >= 4 is 11.7 Å². The van der Waals surface area contributed by atoms with Gasteiger partial charge in [0.15, 0.2) is 5.69 Å². The summed E-state index contributed by atoms with van der Waals surface area (Å²) in [6.45, 7) is 5.51. The number of nitrogens with one attached hydrogen (secondary N) is 2. The van der Waals surface area contributed by atoms with Crippen molar-refractivity contribution < 1.29 is 9.21 Å². The SMILES string of the molecule is CC(C)CCNc1ccc(C(=O)NCc2ccco2)nn1. The topological polar surface area (TPSA) is 80.0 Å². The molecule has 0 aliphatic carbocycles. The summed E-state index contributed by atoms with van der Waals surface area (Å²) >= 11 is 0. The van der Waals surface area contributed by atoms with E-state index >= 15 is 0 Å². The predicted molar refractivity (Wildman–Crippen MR) is 79.9 cm³/mol. The highest BCUT2D eigenvalue weighted by Crippen LogP contribution is 2.05. The van der Waals surface area contributed by atoms with Gasteiger partial charge >= 0.3 is 0 Å². The Morgan fingerprint density at radius 2 is 2.14 bits per heavy atom. The van der Waals surface area contributed by atoms with E-state index in [1.165, 1.54) is 0 Å². The number of furan rings is 1. The first kappa shape index (κ1) is 15.0. The maximum atomic E-state index is 11.9. The van der Waals surface area contributed by atoms with E-state index in [9.17, 15) is 4.79 Å². The van der Waals surface area contributed by atoms with E-state index in [0.717, 1.165) is 13.0 Å². The van der Waals surface area contributed by atoms with Crippen molar-refractivity contribution in [1.82, 2.24) is 15.5 Å². The highest BCUT2D eigenvalue weighted by atomic mass is 16.3. The molecule has 0 atom stereocenters. The fraction of sp³-hybridized carbons (Fsp3) is 0.400. The molecule has 0 saturated heterocycles. The number of carbonyl (C=O) groups is 1. The van der Waals surface area contributed by atoms with Gasteiger partial charge in [0.1, 0.15) is 11.6 Å². The van der Waals surface area contributed by atoms with Crippen molar-refractivity contribution in [2.45, 2.75) is 26.8 Å². The molecule has 2 rings (SSSR count). The Kier molecular flexibility index (Phi) is 5.31. The lowest BCUT2D eigenvalue weighted by Gasteiger charge is -2.07. The molecule has 0 bridgehead atoms. The fourth-order valence-corrected chi connectivity index (χ4v) is 1.71. The lowest BCUT2D eigenvalue weighted by molar-refractivity contribution is 0.0942. The number of aromatic nitrogens is 2. The second-order valence-corrected chi connectivity index (χ2v) is 5.18. The van der Waals surface area contributed by atoms with E-state index in [4.69, 9.17) is 4.42 Å². The zero-order chi connectivity index (χ0) is 15.1. The average Bonchev–Trinajstić information content (AvgIpc) is 2.98. The standard InChI is InChI=1S/C15H20N4O2/c1-11(2)7-8-16-14-6-5-13(18-19-14)15(20)17-10-12-4-3-9-21-12/h3-6,9,11H,7-8,10H2,1-2H3,(H,16,19)(H,17,20). The minimum Gasteiger partial charge on any atom is -0.467 e.